The van der Waals surface area contributed by atoms with Crippen molar-refractivity contribution in [1.82, 2.24) is 10.2 Å². The quantitative estimate of drug-likeness (QED) is 0.408. The average molecular weight is 361 g/mol. The van der Waals surface area contributed by atoms with Crippen molar-refractivity contribution >= 4 is 28.3 Å². The van der Waals surface area contributed by atoms with Crippen LogP contribution in [-0.2, 0) is 12.8 Å². The van der Waals surface area contributed by atoms with E-state index < -0.39 is 0 Å². The first-order chi connectivity index (χ1) is 11.8. The minimum Gasteiger partial charge on any atom is -0.376 e. The van der Waals surface area contributed by atoms with E-state index in [-0.39, 0.29) is 6.73 Å². The lowest BCUT2D eigenvalue weighted by Crippen LogP contribution is -2.32. The van der Waals surface area contributed by atoms with E-state index in [1.165, 1.54) is 11.1 Å². The highest BCUT2D eigenvalue weighted by Crippen LogP contribution is 2.09. The van der Waals surface area contributed by atoms with Crippen molar-refractivity contribution < 1.29 is 5.11 Å². The van der Waals surface area contributed by atoms with Crippen LogP contribution in [0.4, 0.5) is 0 Å². The van der Waals surface area contributed by atoms with Crippen molar-refractivity contribution in [2.45, 2.75) is 12.8 Å². The second kappa shape index (κ2) is 11.2. The molecule has 2 aromatic rings. The maximum atomic E-state index is 9.53. The second-order valence-electron chi connectivity index (χ2n) is 5.43. The lowest BCUT2D eigenvalue weighted by atomic mass is 10.1. The number of rotatable bonds is 9. The van der Waals surface area contributed by atoms with Crippen LogP contribution in [0.15, 0.2) is 60.7 Å². The van der Waals surface area contributed by atoms with Crippen LogP contribution < -0.4 is 5.32 Å². The summed E-state index contributed by atoms with van der Waals surface area (Å²) < 4.78 is 0.737. The first-order valence-corrected chi connectivity index (χ1v) is 9.50. The first kappa shape index (κ1) is 18.9. The van der Waals surface area contributed by atoms with Gasteiger partial charge in [0, 0.05) is 12.4 Å². The van der Waals surface area contributed by atoms with Gasteiger partial charge in [0.25, 0.3) is 0 Å². The largest absolute Gasteiger partial charge is 0.376 e. The van der Waals surface area contributed by atoms with Crippen LogP contribution in [0.5, 0.6) is 0 Å². The minimum absolute atomic E-state index is 0.0390. The first-order valence-electron chi connectivity index (χ1n) is 8.10. The molecule has 5 heteroatoms. The topological polar surface area (TPSA) is 35.5 Å². The van der Waals surface area contributed by atoms with Crippen LogP contribution in [0, 0.1) is 0 Å². The van der Waals surface area contributed by atoms with Crippen LogP contribution in [0.25, 0.3) is 0 Å². The van der Waals surface area contributed by atoms with Gasteiger partial charge >= 0.3 is 0 Å². The Morgan fingerprint density at radius 2 is 1.54 bits per heavy atom. The van der Waals surface area contributed by atoms with Crippen molar-refractivity contribution in [2.75, 3.05) is 25.7 Å². The maximum absolute atomic E-state index is 9.53. The molecule has 0 radical (unpaired) electrons. The fourth-order valence-electron chi connectivity index (χ4n) is 2.28. The van der Waals surface area contributed by atoms with Crippen molar-refractivity contribution in [2.24, 2.45) is 0 Å². The molecule has 2 N–H and O–H groups in total. The third-order valence-electron chi connectivity index (χ3n) is 3.67. The molecule has 0 fully saturated rings. The molecule has 0 saturated carbocycles. The Kier molecular flexibility index (Phi) is 8.84. The summed E-state index contributed by atoms with van der Waals surface area (Å²) in [6.45, 7) is 1.61. The predicted octanol–water partition coefficient (Wildman–Crippen LogP) is 3.29. The van der Waals surface area contributed by atoms with E-state index in [4.69, 9.17) is 12.2 Å². The Morgan fingerprint density at radius 1 is 0.958 bits per heavy atom. The normalized spacial score (nSPS) is 10.5. The molecular formula is C19H24N2OS2. The van der Waals surface area contributed by atoms with Crippen LogP contribution in [0.2, 0.25) is 0 Å². The molecule has 0 bridgehead atoms. The zero-order valence-corrected chi connectivity index (χ0v) is 15.4. The number of nitrogens with zero attached hydrogens (tertiary/aromatic N) is 1. The van der Waals surface area contributed by atoms with Gasteiger partial charge in [-0.25, -0.2) is 0 Å². The number of aliphatic hydroxyl groups is 1. The van der Waals surface area contributed by atoms with Crippen LogP contribution in [-0.4, -0.2) is 40.0 Å². The van der Waals surface area contributed by atoms with Crippen LogP contribution >= 0.6 is 24.0 Å². The number of aliphatic hydroxyl groups excluding tert-OH is 1. The van der Waals surface area contributed by atoms with E-state index in [1.807, 2.05) is 29.2 Å². The number of benzene rings is 2. The second-order valence-corrected chi connectivity index (χ2v) is 7.04. The molecule has 0 spiro atoms. The van der Waals surface area contributed by atoms with Gasteiger partial charge in [-0.15, -0.1) is 0 Å². The number of thiocarbonyl (C=S) groups is 1. The molecule has 0 saturated heterocycles. The summed E-state index contributed by atoms with van der Waals surface area (Å²) in [5.74, 6) is 0.757. The Hall–Kier alpha value is -1.40. The maximum Gasteiger partial charge on any atom is 0.139 e. The Morgan fingerprint density at radius 3 is 2.12 bits per heavy atom. The SMILES string of the molecule is OCN(CCc1ccccc1)C(=S)SCNCCc1ccccc1. The van der Waals surface area contributed by atoms with Crippen molar-refractivity contribution in [3.05, 3.63) is 71.8 Å². The zero-order chi connectivity index (χ0) is 17.0. The molecule has 0 amide bonds. The third-order valence-corrected chi connectivity index (χ3v) is 5.14. The van der Waals surface area contributed by atoms with Gasteiger partial charge in [-0.05, 0) is 30.5 Å². The van der Waals surface area contributed by atoms with Gasteiger partial charge in [0.15, 0.2) is 0 Å². The van der Waals surface area contributed by atoms with E-state index in [0.717, 1.165) is 36.1 Å². The Balaban J connectivity index is 1.62. The average Bonchev–Trinajstić information content (AvgIpc) is 2.63. The fraction of sp³-hybridized carbons (Fsp3) is 0.316. The smallest absolute Gasteiger partial charge is 0.139 e. The van der Waals surface area contributed by atoms with E-state index >= 15 is 0 Å². The number of thioether (sulfide) groups is 1. The monoisotopic (exact) mass is 360 g/mol. The number of hydrogen-bond acceptors (Lipinski definition) is 4. The highest BCUT2D eigenvalue weighted by Gasteiger charge is 2.08. The fourth-order valence-corrected chi connectivity index (χ4v) is 3.31. The summed E-state index contributed by atoms with van der Waals surface area (Å²) >= 11 is 6.99. The molecule has 0 aliphatic rings. The van der Waals surface area contributed by atoms with Crippen molar-refractivity contribution in [1.29, 1.82) is 0 Å². The molecule has 0 heterocycles. The predicted molar refractivity (Wildman–Crippen MR) is 107 cm³/mol. The van der Waals surface area contributed by atoms with Gasteiger partial charge in [0.1, 0.15) is 11.1 Å². The van der Waals surface area contributed by atoms with Gasteiger partial charge < -0.3 is 15.3 Å². The van der Waals surface area contributed by atoms with Gasteiger partial charge in [-0.1, -0.05) is 84.6 Å². The number of hydrogen-bond donors (Lipinski definition) is 2. The standard InChI is InChI=1S/C19H24N2OS2/c22-16-21(14-12-18-9-5-2-6-10-18)19(23)24-15-20-13-11-17-7-3-1-4-8-17/h1-10,20,22H,11-16H2. The minimum atomic E-state index is -0.0390. The Bertz CT molecular complexity index is 593. The molecular weight excluding hydrogens is 336 g/mol. The Labute approximate surface area is 154 Å². The van der Waals surface area contributed by atoms with E-state index in [1.54, 1.807) is 11.8 Å². The van der Waals surface area contributed by atoms with Gasteiger partial charge in [-0.3, -0.25) is 0 Å². The highest BCUT2D eigenvalue weighted by molar-refractivity contribution is 8.22. The summed E-state index contributed by atoms with van der Waals surface area (Å²) in [5, 5.41) is 12.9. The van der Waals surface area contributed by atoms with Crippen LogP contribution in [0.3, 0.4) is 0 Å². The molecule has 0 atom stereocenters. The van der Waals surface area contributed by atoms with E-state index in [9.17, 15) is 5.11 Å². The highest BCUT2D eigenvalue weighted by atomic mass is 32.2. The summed E-state index contributed by atoms with van der Waals surface area (Å²) in [7, 11) is 0. The zero-order valence-electron chi connectivity index (χ0n) is 13.7. The van der Waals surface area contributed by atoms with Gasteiger partial charge in [0.2, 0.25) is 0 Å². The molecule has 2 rings (SSSR count). The van der Waals surface area contributed by atoms with Crippen LogP contribution in [0.1, 0.15) is 11.1 Å². The lowest BCUT2D eigenvalue weighted by molar-refractivity contribution is 0.176. The molecule has 24 heavy (non-hydrogen) atoms. The summed E-state index contributed by atoms with van der Waals surface area (Å²) in [4.78, 5) is 1.84. The molecule has 0 aliphatic carbocycles. The molecule has 3 nitrogen and oxygen atoms in total. The van der Waals surface area contributed by atoms with E-state index in [0.29, 0.717) is 0 Å². The van der Waals surface area contributed by atoms with Crippen molar-refractivity contribution in [3.8, 4) is 0 Å². The van der Waals surface area contributed by atoms with Gasteiger partial charge in [-0.2, -0.15) is 0 Å². The van der Waals surface area contributed by atoms with Crippen molar-refractivity contribution in [3.63, 3.8) is 0 Å². The molecule has 0 aliphatic heterocycles. The summed E-state index contributed by atoms with van der Waals surface area (Å²) in [5.41, 5.74) is 2.59. The molecule has 2 aromatic carbocycles. The summed E-state index contributed by atoms with van der Waals surface area (Å²) in [6.07, 6.45) is 1.88. The molecule has 128 valence electrons. The number of nitrogens with one attached hydrogen (secondary N) is 1. The van der Waals surface area contributed by atoms with Gasteiger partial charge in [0.05, 0.1) is 0 Å². The molecule has 0 aromatic heterocycles. The molecule has 0 unspecified atom stereocenters. The third kappa shape index (κ3) is 7.01. The van der Waals surface area contributed by atoms with E-state index in [2.05, 4.69) is 41.7 Å². The summed E-state index contributed by atoms with van der Waals surface area (Å²) in [6, 6.07) is 20.7. The lowest BCUT2D eigenvalue weighted by Gasteiger charge is -2.22.